The summed E-state index contributed by atoms with van der Waals surface area (Å²) in [6, 6.07) is 2.96. The van der Waals surface area contributed by atoms with Crippen molar-refractivity contribution >= 4 is 21.8 Å². The van der Waals surface area contributed by atoms with E-state index in [9.17, 15) is 13.6 Å². The Morgan fingerprint density at radius 1 is 1.32 bits per heavy atom. The van der Waals surface area contributed by atoms with E-state index >= 15 is 0 Å². The van der Waals surface area contributed by atoms with E-state index in [1.54, 1.807) is 0 Å². The highest BCUT2D eigenvalue weighted by Gasteiger charge is 2.26. The topological polar surface area (TPSA) is 29.1 Å². The fraction of sp³-hybridized carbons (Fsp3) is 0.500. The quantitative estimate of drug-likeness (QED) is 0.841. The zero-order chi connectivity index (χ0) is 13.8. The van der Waals surface area contributed by atoms with E-state index in [2.05, 4.69) is 21.2 Å². The lowest BCUT2D eigenvalue weighted by Gasteiger charge is -2.31. The van der Waals surface area contributed by atoms with Gasteiger partial charge in [0.05, 0.1) is 5.56 Å². The molecule has 1 aliphatic carbocycles. The van der Waals surface area contributed by atoms with E-state index in [4.69, 9.17) is 0 Å². The number of halogens is 3. The molecule has 0 bridgehead atoms. The minimum atomic E-state index is -0.690. The van der Waals surface area contributed by atoms with Gasteiger partial charge in [0.1, 0.15) is 11.6 Å². The summed E-state index contributed by atoms with van der Waals surface area (Å²) in [4.78, 5) is 12.0. The average Bonchev–Trinajstić information content (AvgIpc) is 2.42. The molecule has 0 saturated heterocycles. The van der Waals surface area contributed by atoms with Crippen LogP contribution in [-0.2, 0) is 0 Å². The van der Waals surface area contributed by atoms with Crippen molar-refractivity contribution in [1.29, 1.82) is 0 Å². The van der Waals surface area contributed by atoms with Gasteiger partial charge in [-0.05, 0) is 37.0 Å². The maximum atomic E-state index is 13.5. The minimum absolute atomic E-state index is 0.0308. The van der Waals surface area contributed by atoms with Gasteiger partial charge in [-0.1, -0.05) is 28.8 Å². The predicted molar refractivity (Wildman–Crippen MR) is 73.4 cm³/mol. The summed E-state index contributed by atoms with van der Waals surface area (Å²) in [5, 5.41) is 3.64. The molecule has 1 aromatic carbocycles. The summed E-state index contributed by atoms with van der Waals surface area (Å²) >= 11 is 3.44. The second-order valence-corrected chi connectivity index (χ2v) is 5.55. The Bertz CT molecular complexity index is 467. The number of carbonyl (C=O) groups is 1. The molecule has 5 heteroatoms. The van der Waals surface area contributed by atoms with E-state index in [0.29, 0.717) is 5.92 Å². The van der Waals surface area contributed by atoms with Gasteiger partial charge in [-0.15, -0.1) is 0 Å². The molecule has 1 saturated carbocycles. The van der Waals surface area contributed by atoms with Gasteiger partial charge in [0.2, 0.25) is 0 Å². The first-order chi connectivity index (χ1) is 9.11. The first kappa shape index (κ1) is 14.4. The number of hydrogen-bond donors (Lipinski definition) is 1. The summed E-state index contributed by atoms with van der Waals surface area (Å²) in [6.45, 7) is 0. The fourth-order valence-corrected chi connectivity index (χ4v) is 3.27. The van der Waals surface area contributed by atoms with Crippen molar-refractivity contribution in [2.45, 2.75) is 31.7 Å². The molecule has 0 radical (unpaired) electrons. The summed E-state index contributed by atoms with van der Waals surface area (Å²) in [5.74, 6) is -1.47. The van der Waals surface area contributed by atoms with Gasteiger partial charge in [0.15, 0.2) is 0 Å². The molecule has 19 heavy (non-hydrogen) atoms. The van der Waals surface area contributed by atoms with Crippen molar-refractivity contribution in [3.8, 4) is 0 Å². The third-order valence-electron chi connectivity index (χ3n) is 3.60. The molecule has 1 N–H and O–H groups in total. The highest BCUT2D eigenvalue weighted by molar-refractivity contribution is 9.09. The van der Waals surface area contributed by atoms with E-state index in [1.807, 2.05) is 0 Å². The molecule has 2 rings (SSSR count). The lowest BCUT2D eigenvalue weighted by Crippen LogP contribution is -2.43. The third-order valence-corrected chi connectivity index (χ3v) is 4.43. The second-order valence-electron chi connectivity index (χ2n) is 4.90. The maximum Gasteiger partial charge on any atom is 0.254 e. The first-order valence-electron chi connectivity index (χ1n) is 6.43. The third kappa shape index (κ3) is 3.53. The molecule has 1 aromatic rings. The standard InChI is InChI=1S/C14H16BrF2NO/c15-8-9-3-1-2-4-13(9)18-14(19)11-7-10(16)5-6-12(11)17/h5-7,9,13H,1-4,8H2,(H,18,19). The van der Waals surface area contributed by atoms with Crippen LogP contribution in [0.2, 0.25) is 0 Å². The predicted octanol–water partition coefficient (Wildman–Crippen LogP) is 3.65. The Morgan fingerprint density at radius 2 is 2.05 bits per heavy atom. The average molecular weight is 332 g/mol. The van der Waals surface area contributed by atoms with Crippen LogP contribution in [-0.4, -0.2) is 17.3 Å². The smallest absolute Gasteiger partial charge is 0.254 e. The first-order valence-corrected chi connectivity index (χ1v) is 7.56. The van der Waals surface area contributed by atoms with E-state index in [1.165, 1.54) is 0 Å². The SMILES string of the molecule is O=C(NC1CCCCC1CBr)c1cc(F)ccc1F. The minimum Gasteiger partial charge on any atom is -0.349 e. The van der Waals surface area contributed by atoms with Crippen LogP contribution in [0.15, 0.2) is 18.2 Å². The molecule has 0 heterocycles. The van der Waals surface area contributed by atoms with E-state index in [-0.39, 0.29) is 11.6 Å². The summed E-state index contributed by atoms with van der Waals surface area (Å²) in [6.07, 6.45) is 4.14. The monoisotopic (exact) mass is 331 g/mol. The Balaban J connectivity index is 2.09. The van der Waals surface area contributed by atoms with Gasteiger partial charge in [-0.3, -0.25) is 4.79 Å². The van der Waals surface area contributed by atoms with Gasteiger partial charge in [0.25, 0.3) is 5.91 Å². The summed E-state index contributed by atoms with van der Waals surface area (Å²) < 4.78 is 26.6. The molecule has 1 amide bonds. The second kappa shape index (κ2) is 6.46. The number of alkyl halides is 1. The number of benzene rings is 1. The number of nitrogens with one attached hydrogen (secondary N) is 1. The molecule has 2 nitrogen and oxygen atoms in total. The number of hydrogen-bond acceptors (Lipinski definition) is 1. The largest absolute Gasteiger partial charge is 0.349 e. The number of carbonyl (C=O) groups excluding carboxylic acids is 1. The van der Waals surface area contributed by atoms with Gasteiger partial charge in [-0.2, -0.15) is 0 Å². The molecule has 104 valence electrons. The molecular formula is C14H16BrF2NO. The van der Waals surface area contributed by atoms with Crippen LogP contribution in [0, 0.1) is 17.6 Å². The molecular weight excluding hydrogens is 316 g/mol. The number of rotatable bonds is 3. The molecule has 0 aromatic heterocycles. The van der Waals surface area contributed by atoms with Crippen molar-refractivity contribution in [2.24, 2.45) is 5.92 Å². The normalized spacial score (nSPS) is 23.1. The van der Waals surface area contributed by atoms with Crippen LogP contribution in [0.25, 0.3) is 0 Å². The Hall–Kier alpha value is -0.970. The lowest BCUT2D eigenvalue weighted by atomic mass is 9.86. The summed E-state index contributed by atoms with van der Waals surface area (Å²) in [7, 11) is 0. The Kier molecular flexibility index (Phi) is 4.91. The number of amides is 1. The van der Waals surface area contributed by atoms with Crippen LogP contribution in [0.4, 0.5) is 8.78 Å². The van der Waals surface area contributed by atoms with Crippen LogP contribution in [0.3, 0.4) is 0 Å². The molecule has 2 unspecified atom stereocenters. The van der Waals surface area contributed by atoms with Crippen molar-refractivity contribution in [3.63, 3.8) is 0 Å². The molecule has 1 fully saturated rings. The molecule has 0 aliphatic heterocycles. The van der Waals surface area contributed by atoms with E-state index in [0.717, 1.165) is 49.2 Å². The van der Waals surface area contributed by atoms with Crippen molar-refractivity contribution in [2.75, 3.05) is 5.33 Å². The van der Waals surface area contributed by atoms with Gasteiger partial charge < -0.3 is 5.32 Å². The maximum absolute atomic E-state index is 13.5. The van der Waals surface area contributed by atoms with Crippen LogP contribution in [0.5, 0.6) is 0 Å². The van der Waals surface area contributed by atoms with Crippen molar-refractivity contribution in [3.05, 3.63) is 35.4 Å². The highest BCUT2D eigenvalue weighted by atomic mass is 79.9. The zero-order valence-corrected chi connectivity index (χ0v) is 12.1. The van der Waals surface area contributed by atoms with Gasteiger partial charge in [0, 0.05) is 11.4 Å². The lowest BCUT2D eigenvalue weighted by molar-refractivity contribution is 0.0907. The Morgan fingerprint density at radius 3 is 2.79 bits per heavy atom. The van der Waals surface area contributed by atoms with Gasteiger partial charge >= 0.3 is 0 Å². The zero-order valence-electron chi connectivity index (χ0n) is 10.5. The highest BCUT2D eigenvalue weighted by Crippen LogP contribution is 2.26. The van der Waals surface area contributed by atoms with Crippen LogP contribution in [0.1, 0.15) is 36.0 Å². The molecule has 0 spiro atoms. The molecule has 2 atom stereocenters. The van der Waals surface area contributed by atoms with Gasteiger partial charge in [-0.25, -0.2) is 8.78 Å². The van der Waals surface area contributed by atoms with Crippen LogP contribution >= 0.6 is 15.9 Å². The molecule has 1 aliphatic rings. The fourth-order valence-electron chi connectivity index (χ4n) is 2.50. The summed E-state index contributed by atoms with van der Waals surface area (Å²) in [5.41, 5.74) is -0.223. The van der Waals surface area contributed by atoms with E-state index < -0.39 is 17.5 Å². The van der Waals surface area contributed by atoms with Crippen molar-refractivity contribution in [1.82, 2.24) is 5.32 Å². The van der Waals surface area contributed by atoms with Crippen molar-refractivity contribution < 1.29 is 13.6 Å². The van der Waals surface area contributed by atoms with Crippen LogP contribution < -0.4 is 5.32 Å². The Labute approximate surface area is 119 Å².